The average molecular weight is 762 g/mol. The molecule has 3 atom stereocenters. The number of carbonyl (C=O) groups is 1. The van der Waals surface area contributed by atoms with Gasteiger partial charge in [0, 0.05) is 6.42 Å². The average Bonchev–Trinajstić information content (AvgIpc) is 3.18. The molecular weight excluding hydrogens is 667 g/mol. The van der Waals surface area contributed by atoms with E-state index in [0.29, 0.717) is 12.8 Å². The van der Waals surface area contributed by atoms with E-state index in [-0.39, 0.29) is 12.5 Å². The highest BCUT2D eigenvalue weighted by Gasteiger charge is 2.26. The molecule has 0 aromatic rings. The summed E-state index contributed by atoms with van der Waals surface area (Å²) in [7, 11) is 0. The first kappa shape index (κ1) is 52.8. The summed E-state index contributed by atoms with van der Waals surface area (Å²) in [5.74, 6) is -0.160. The zero-order valence-corrected chi connectivity index (χ0v) is 36.4. The zero-order valence-electron chi connectivity index (χ0n) is 36.4. The zero-order chi connectivity index (χ0) is 39.4. The van der Waals surface area contributed by atoms with Crippen LogP contribution in [-0.2, 0) is 4.79 Å². The van der Waals surface area contributed by atoms with Crippen LogP contribution in [0.5, 0.6) is 0 Å². The lowest BCUT2D eigenvalue weighted by atomic mass is 10.0. The molecule has 0 saturated carbocycles. The van der Waals surface area contributed by atoms with Gasteiger partial charge >= 0.3 is 0 Å². The topological polar surface area (TPSA) is 89.8 Å². The number of hydrogen-bond acceptors (Lipinski definition) is 4. The molecule has 0 aliphatic rings. The second kappa shape index (κ2) is 44.5. The summed E-state index contributed by atoms with van der Waals surface area (Å²) in [5.41, 5.74) is 0. The SMILES string of the molecule is CCCCCCCCCCC/C=C\CCCCCCCC(=O)NC(CO)C(O)C(O)CCC/C=C/CCCCCCCCCCCCCCCCCCC. The highest BCUT2D eigenvalue weighted by molar-refractivity contribution is 5.76. The van der Waals surface area contributed by atoms with Gasteiger partial charge in [-0.25, -0.2) is 0 Å². The van der Waals surface area contributed by atoms with Crippen molar-refractivity contribution in [3.63, 3.8) is 0 Å². The third kappa shape index (κ3) is 39.1. The molecule has 0 saturated heterocycles. The first-order chi connectivity index (χ1) is 26.6. The van der Waals surface area contributed by atoms with Crippen LogP contribution in [-0.4, -0.2) is 46.1 Å². The monoisotopic (exact) mass is 762 g/mol. The van der Waals surface area contributed by atoms with Crippen LogP contribution in [0.25, 0.3) is 0 Å². The number of nitrogens with one attached hydrogen (secondary N) is 1. The van der Waals surface area contributed by atoms with Gasteiger partial charge in [-0.1, -0.05) is 212 Å². The van der Waals surface area contributed by atoms with Gasteiger partial charge in [0.05, 0.1) is 18.8 Å². The molecule has 0 aromatic heterocycles. The van der Waals surface area contributed by atoms with Gasteiger partial charge in [0.1, 0.15) is 6.10 Å². The number of aliphatic hydroxyl groups is 3. The molecule has 0 aliphatic carbocycles. The number of hydrogen-bond donors (Lipinski definition) is 4. The van der Waals surface area contributed by atoms with E-state index in [4.69, 9.17) is 0 Å². The van der Waals surface area contributed by atoms with E-state index in [0.717, 1.165) is 44.9 Å². The van der Waals surface area contributed by atoms with Crippen molar-refractivity contribution in [2.24, 2.45) is 0 Å². The van der Waals surface area contributed by atoms with Crippen LogP contribution in [0.15, 0.2) is 24.3 Å². The molecule has 3 unspecified atom stereocenters. The fourth-order valence-electron chi connectivity index (χ4n) is 7.51. The minimum Gasteiger partial charge on any atom is -0.394 e. The Kier molecular flexibility index (Phi) is 43.6. The molecule has 5 heteroatoms. The number of aliphatic hydroxyl groups excluding tert-OH is 3. The van der Waals surface area contributed by atoms with Crippen LogP contribution in [0, 0.1) is 0 Å². The number of allylic oxidation sites excluding steroid dienone is 4. The van der Waals surface area contributed by atoms with E-state index in [1.165, 1.54) is 186 Å². The Balaban J connectivity index is 3.63. The highest BCUT2D eigenvalue weighted by atomic mass is 16.3. The van der Waals surface area contributed by atoms with Gasteiger partial charge in [0.2, 0.25) is 5.91 Å². The van der Waals surface area contributed by atoms with Crippen molar-refractivity contribution < 1.29 is 20.1 Å². The van der Waals surface area contributed by atoms with Crippen molar-refractivity contribution in [1.82, 2.24) is 5.32 Å². The van der Waals surface area contributed by atoms with E-state index in [1.54, 1.807) is 0 Å². The van der Waals surface area contributed by atoms with E-state index in [9.17, 15) is 20.1 Å². The maximum Gasteiger partial charge on any atom is 0.220 e. The summed E-state index contributed by atoms with van der Waals surface area (Å²) in [5, 5.41) is 33.6. The van der Waals surface area contributed by atoms with Crippen LogP contribution >= 0.6 is 0 Å². The Hall–Kier alpha value is -1.17. The Labute approximate surface area is 337 Å². The molecule has 320 valence electrons. The summed E-state index contributed by atoms with van der Waals surface area (Å²) in [6.07, 6.45) is 54.4. The molecule has 0 bridgehead atoms. The quantitative estimate of drug-likeness (QED) is 0.0368. The van der Waals surface area contributed by atoms with Crippen molar-refractivity contribution >= 4 is 5.91 Å². The molecule has 0 aromatic carbocycles. The van der Waals surface area contributed by atoms with Crippen LogP contribution in [0.1, 0.15) is 258 Å². The van der Waals surface area contributed by atoms with Gasteiger partial charge in [-0.15, -0.1) is 0 Å². The molecule has 5 nitrogen and oxygen atoms in total. The molecule has 54 heavy (non-hydrogen) atoms. The summed E-state index contributed by atoms with van der Waals surface area (Å²) < 4.78 is 0. The molecule has 0 aliphatic heterocycles. The fourth-order valence-corrected chi connectivity index (χ4v) is 7.51. The van der Waals surface area contributed by atoms with Crippen molar-refractivity contribution in [1.29, 1.82) is 0 Å². The standard InChI is InChI=1S/C49H95NO4/c1-3-5-7-9-11-13-15-17-19-21-23-24-25-26-27-29-31-33-35-37-39-41-43-47(52)49(54)46(45-51)50-48(53)44-42-40-38-36-34-32-30-28-22-20-18-16-14-12-10-8-6-4-2/h28,30,35,37,46-47,49,51-52,54H,3-27,29,31-34,36,38-45H2,1-2H3,(H,50,53)/b30-28-,37-35+. The normalized spacial score (nSPS) is 13.6. The highest BCUT2D eigenvalue weighted by Crippen LogP contribution is 2.16. The summed E-state index contributed by atoms with van der Waals surface area (Å²) in [4.78, 5) is 12.4. The molecular formula is C49H95NO4. The van der Waals surface area contributed by atoms with E-state index in [2.05, 4.69) is 43.5 Å². The molecule has 0 spiro atoms. The third-order valence-electron chi connectivity index (χ3n) is 11.3. The van der Waals surface area contributed by atoms with Gasteiger partial charge in [0.25, 0.3) is 0 Å². The van der Waals surface area contributed by atoms with Gasteiger partial charge in [0.15, 0.2) is 0 Å². The lowest BCUT2D eigenvalue weighted by Crippen LogP contribution is -2.50. The van der Waals surface area contributed by atoms with Crippen molar-refractivity contribution in [3.05, 3.63) is 24.3 Å². The van der Waals surface area contributed by atoms with E-state index in [1.807, 2.05) is 0 Å². The Morgan fingerprint density at radius 1 is 0.444 bits per heavy atom. The second-order valence-electron chi connectivity index (χ2n) is 16.7. The smallest absolute Gasteiger partial charge is 0.220 e. The van der Waals surface area contributed by atoms with Crippen LogP contribution in [0.3, 0.4) is 0 Å². The lowest BCUT2D eigenvalue weighted by Gasteiger charge is -2.26. The Morgan fingerprint density at radius 3 is 1.07 bits per heavy atom. The van der Waals surface area contributed by atoms with Crippen molar-refractivity contribution in [2.75, 3.05) is 6.61 Å². The van der Waals surface area contributed by atoms with Crippen LogP contribution in [0.2, 0.25) is 0 Å². The van der Waals surface area contributed by atoms with Crippen molar-refractivity contribution in [3.8, 4) is 0 Å². The largest absolute Gasteiger partial charge is 0.394 e. The maximum absolute atomic E-state index is 12.4. The van der Waals surface area contributed by atoms with Crippen LogP contribution < -0.4 is 5.32 Å². The second-order valence-corrected chi connectivity index (χ2v) is 16.7. The molecule has 0 rings (SSSR count). The minimum atomic E-state index is -1.16. The summed E-state index contributed by atoms with van der Waals surface area (Å²) >= 11 is 0. The van der Waals surface area contributed by atoms with Gasteiger partial charge in [-0.2, -0.15) is 0 Å². The molecule has 1 amide bonds. The minimum absolute atomic E-state index is 0.160. The summed E-state index contributed by atoms with van der Waals surface area (Å²) in [6.45, 7) is 4.18. The number of carbonyl (C=O) groups excluding carboxylic acids is 1. The predicted molar refractivity (Wildman–Crippen MR) is 236 cm³/mol. The van der Waals surface area contributed by atoms with E-state index >= 15 is 0 Å². The Bertz CT molecular complexity index is 799. The first-order valence-corrected chi connectivity index (χ1v) is 24.1. The number of amides is 1. The lowest BCUT2D eigenvalue weighted by molar-refractivity contribution is -0.124. The molecule has 0 fully saturated rings. The third-order valence-corrected chi connectivity index (χ3v) is 11.3. The van der Waals surface area contributed by atoms with Gasteiger partial charge in [-0.05, 0) is 64.2 Å². The Morgan fingerprint density at radius 2 is 0.741 bits per heavy atom. The van der Waals surface area contributed by atoms with Crippen molar-refractivity contribution in [2.45, 2.75) is 276 Å². The fraction of sp³-hybridized carbons (Fsp3) is 0.898. The van der Waals surface area contributed by atoms with Crippen LogP contribution in [0.4, 0.5) is 0 Å². The summed E-state index contributed by atoms with van der Waals surface area (Å²) in [6, 6.07) is -0.829. The number of rotatable bonds is 44. The number of unbranched alkanes of at least 4 members (excludes halogenated alkanes) is 32. The van der Waals surface area contributed by atoms with Gasteiger partial charge < -0.3 is 20.6 Å². The maximum atomic E-state index is 12.4. The van der Waals surface area contributed by atoms with Gasteiger partial charge in [-0.3, -0.25) is 4.79 Å². The van der Waals surface area contributed by atoms with E-state index < -0.39 is 18.2 Å². The first-order valence-electron chi connectivity index (χ1n) is 24.1. The molecule has 0 radical (unpaired) electrons. The molecule has 0 heterocycles. The molecule has 4 N–H and O–H groups in total. The predicted octanol–water partition coefficient (Wildman–Crippen LogP) is 14.2.